The molecule has 3 N–H and O–H groups in total. The van der Waals surface area contributed by atoms with E-state index in [0.29, 0.717) is 5.82 Å². The van der Waals surface area contributed by atoms with Gasteiger partial charge in [0.15, 0.2) is 11.5 Å². The Labute approximate surface area is 179 Å². The number of nitrogens with one attached hydrogen (secondary N) is 3. The monoisotopic (exact) mass is 415 g/mol. The first-order valence-electron chi connectivity index (χ1n) is 10.5. The van der Waals surface area contributed by atoms with Crippen LogP contribution < -0.4 is 5.32 Å². The van der Waals surface area contributed by atoms with Gasteiger partial charge in [-0.2, -0.15) is 5.10 Å². The number of rotatable bonds is 3. The highest BCUT2D eigenvalue weighted by Gasteiger charge is 2.25. The molecular weight excluding hydrogens is 390 g/mol. The number of aromatic nitrogens is 6. The average molecular weight is 416 g/mol. The minimum Gasteiger partial charge on any atom is -0.343 e. The van der Waals surface area contributed by atoms with Crippen LogP contribution in [0.2, 0.25) is 0 Å². The summed E-state index contributed by atoms with van der Waals surface area (Å²) in [5, 5.41) is 11.0. The molecule has 1 unspecified atom stereocenters. The molecule has 1 aliphatic carbocycles. The highest BCUT2D eigenvalue weighted by atomic mass is 16.2. The summed E-state index contributed by atoms with van der Waals surface area (Å²) in [6.07, 6.45) is 8.01. The molecule has 0 saturated heterocycles. The van der Waals surface area contributed by atoms with Gasteiger partial charge in [0.1, 0.15) is 6.33 Å². The van der Waals surface area contributed by atoms with E-state index in [4.69, 9.17) is 0 Å². The zero-order valence-corrected chi connectivity index (χ0v) is 17.9. The molecule has 5 rings (SSSR count). The van der Waals surface area contributed by atoms with Crippen LogP contribution in [0.5, 0.6) is 0 Å². The maximum absolute atomic E-state index is 12.8. The maximum atomic E-state index is 12.8. The van der Waals surface area contributed by atoms with Crippen LogP contribution in [0.4, 0.5) is 0 Å². The highest BCUT2D eigenvalue weighted by Crippen LogP contribution is 2.34. The lowest BCUT2D eigenvalue weighted by Crippen LogP contribution is -2.31. The number of benzene rings is 1. The molecule has 1 aliphatic rings. The van der Waals surface area contributed by atoms with Crippen molar-refractivity contribution >= 4 is 16.9 Å². The van der Waals surface area contributed by atoms with E-state index < -0.39 is 0 Å². The van der Waals surface area contributed by atoms with Crippen molar-refractivity contribution in [3.05, 3.63) is 59.6 Å². The van der Waals surface area contributed by atoms with Gasteiger partial charge in [0.25, 0.3) is 5.91 Å². The molecule has 0 fully saturated rings. The Bertz CT molecular complexity index is 1260. The van der Waals surface area contributed by atoms with Crippen LogP contribution in [-0.2, 0) is 11.8 Å². The summed E-state index contributed by atoms with van der Waals surface area (Å²) in [5.74, 6) is 0.185. The highest BCUT2D eigenvalue weighted by molar-refractivity contribution is 5.91. The van der Waals surface area contributed by atoms with Crippen molar-refractivity contribution in [2.75, 3.05) is 0 Å². The summed E-state index contributed by atoms with van der Waals surface area (Å²) in [7, 11) is 0. The van der Waals surface area contributed by atoms with Crippen LogP contribution in [-0.4, -0.2) is 36.0 Å². The zero-order valence-electron chi connectivity index (χ0n) is 17.9. The first-order chi connectivity index (χ1) is 14.9. The summed E-state index contributed by atoms with van der Waals surface area (Å²) in [6.45, 7) is 6.23. The van der Waals surface area contributed by atoms with Gasteiger partial charge in [-0.05, 0) is 36.5 Å². The molecule has 31 heavy (non-hydrogen) atoms. The molecule has 8 nitrogen and oxygen atoms in total. The zero-order chi connectivity index (χ0) is 21.6. The predicted octanol–water partition coefficient (Wildman–Crippen LogP) is 3.85. The second-order valence-electron chi connectivity index (χ2n) is 9.07. The minimum absolute atomic E-state index is 0.0344. The largest absolute Gasteiger partial charge is 0.343 e. The number of hydrogen-bond donors (Lipinski definition) is 3. The van der Waals surface area contributed by atoms with Crippen molar-refractivity contribution in [2.24, 2.45) is 0 Å². The van der Waals surface area contributed by atoms with E-state index >= 15 is 0 Å². The first-order valence-corrected chi connectivity index (χ1v) is 10.5. The van der Waals surface area contributed by atoms with Gasteiger partial charge in [0, 0.05) is 17.2 Å². The fourth-order valence-electron chi connectivity index (χ4n) is 4.16. The van der Waals surface area contributed by atoms with E-state index in [1.807, 2.05) is 6.20 Å². The number of imidazole rings is 1. The molecule has 1 amide bonds. The summed E-state index contributed by atoms with van der Waals surface area (Å²) < 4.78 is 0. The average Bonchev–Trinajstić information content (AvgIpc) is 3.43. The van der Waals surface area contributed by atoms with Gasteiger partial charge in [-0.1, -0.05) is 32.9 Å². The molecule has 3 aromatic heterocycles. The van der Waals surface area contributed by atoms with E-state index in [1.165, 1.54) is 5.56 Å². The van der Waals surface area contributed by atoms with Crippen molar-refractivity contribution in [2.45, 2.75) is 51.5 Å². The number of hydrogen-bond acceptors (Lipinski definition) is 5. The van der Waals surface area contributed by atoms with Crippen LogP contribution in [0.1, 0.15) is 67.1 Å². The molecule has 4 aromatic rings. The second kappa shape index (κ2) is 7.30. The number of amides is 1. The Balaban J connectivity index is 1.41. The van der Waals surface area contributed by atoms with E-state index in [2.05, 4.69) is 74.4 Å². The Kier molecular flexibility index (Phi) is 4.57. The molecule has 8 heteroatoms. The van der Waals surface area contributed by atoms with E-state index in [1.54, 1.807) is 12.5 Å². The molecule has 3 heterocycles. The number of H-pyrrole nitrogens is 2. The lowest BCUT2D eigenvalue weighted by atomic mass is 9.86. The van der Waals surface area contributed by atoms with Crippen molar-refractivity contribution in [1.29, 1.82) is 0 Å². The van der Waals surface area contributed by atoms with E-state index in [-0.39, 0.29) is 17.4 Å². The van der Waals surface area contributed by atoms with Crippen LogP contribution in [0.25, 0.3) is 22.3 Å². The van der Waals surface area contributed by atoms with Crippen molar-refractivity contribution in [3.63, 3.8) is 0 Å². The third-order valence-corrected chi connectivity index (χ3v) is 5.85. The van der Waals surface area contributed by atoms with Gasteiger partial charge < -0.3 is 10.3 Å². The number of aromatic amines is 2. The fraction of sp³-hybridized carbons (Fsp3) is 0.348. The second-order valence-corrected chi connectivity index (χ2v) is 9.07. The Morgan fingerprint density at radius 2 is 2.10 bits per heavy atom. The molecule has 1 aromatic carbocycles. The van der Waals surface area contributed by atoms with Crippen LogP contribution >= 0.6 is 0 Å². The maximum Gasteiger partial charge on any atom is 0.287 e. The van der Waals surface area contributed by atoms with Gasteiger partial charge in [0.05, 0.1) is 29.0 Å². The number of aryl methyl sites for hydroxylation is 1. The Morgan fingerprint density at radius 1 is 1.23 bits per heavy atom. The molecule has 0 bridgehead atoms. The van der Waals surface area contributed by atoms with Crippen LogP contribution in [0, 0.1) is 0 Å². The fourth-order valence-corrected chi connectivity index (χ4v) is 4.16. The normalized spacial score (nSPS) is 16.3. The summed E-state index contributed by atoms with van der Waals surface area (Å²) in [6, 6.07) is 6.30. The summed E-state index contributed by atoms with van der Waals surface area (Å²) in [5.41, 5.74) is 5.77. The van der Waals surface area contributed by atoms with Gasteiger partial charge >= 0.3 is 0 Å². The Hall–Kier alpha value is -3.55. The molecule has 0 radical (unpaired) electrons. The van der Waals surface area contributed by atoms with Crippen molar-refractivity contribution < 1.29 is 4.79 Å². The van der Waals surface area contributed by atoms with E-state index in [9.17, 15) is 4.79 Å². The standard InChI is InChI=1S/C23H25N7O/c1-23(2,3)18-11-24-21(29-18)22(31)28-17-6-4-5-13-9-14(7-8-15(13)17)19-16-10-27-30-20(16)26-12-25-19/h7-12,17H,4-6H2,1-3H3,(H,24,29)(H,28,31)(H,25,26,27,30). The quantitative estimate of drug-likeness (QED) is 0.470. The van der Waals surface area contributed by atoms with Gasteiger partial charge in [-0.3, -0.25) is 9.89 Å². The number of carbonyl (C=O) groups excluding carboxylic acids is 1. The molecule has 0 saturated carbocycles. The third kappa shape index (κ3) is 3.58. The Morgan fingerprint density at radius 3 is 2.90 bits per heavy atom. The number of carbonyl (C=O) groups is 1. The molecule has 158 valence electrons. The lowest BCUT2D eigenvalue weighted by molar-refractivity contribution is 0.0923. The van der Waals surface area contributed by atoms with E-state index in [0.717, 1.165) is 52.8 Å². The topological polar surface area (TPSA) is 112 Å². The smallest absolute Gasteiger partial charge is 0.287 e. The van der Waals surface area contributed by atoms with Crippen LogP contribution in [0.15, 0.2) is 36.9 Å². The minimum atomic E-state index is -0.173. The molecular formula is C23H25N7O. The number of fused-ring (bicyclic) bond motifs is 2. The predicted molar refractivity (Wildman–Crippen MR) is 118 cm³/mol. The van der Waals surface area contributed by atoms with Gasteiger partial charge in [-0.25, -0.2) is 15.0 Å². The number of nitrogens with zero attached hydrogens (tertiary/aromatic N) is 4. The van der Waals surface area contributed by atoms with Gasteiger partial charge in [-0.15, -0.1) is 0 Å². The molecule has 0 aliphatic heterocycles. The molecule has 0 spiro atoms. The summed E-state index contributed by atoms with van der Waals surface area (Å²) in [4.78, 5) is 29.0. The SMILES string of the molecule is CC(C)(C)c1c[nH]c(C(=O)NC2CCCc3cc(-c4ncnc5[nH]ncc45)ccc32)n1. The van der Waals surface area contributed by atoms with Crippen molar-refractivity contribution in [1.82, 2.24) is 35.5 Å². The molecule has 1 atom stereocenters. The van der Waals surface area contributed by atoms with Gasteiger partial charge in [0.2, 0.25) is 0 Å². The first kappa shape index (κ1) is 19.4. The lowest BCUT2D eigenvalue weighted by Gasteiger charge is -2.26. The third-order valence-electron chi connectivity index (χ3n) is 5.85. The van der Waals surface area contributed by atoms with Crippen molar-refractivity contribution in [3.8, 4) is 11.3 Å². The van der Waals surface area contributed by atoms with Crippen LogP contribution in [0.3, 0.4) is 0 Å². The summed E-state index contributed by atoms with van der Waals surface area (Å²) >= 11 is 0.